The number of nitrogens with zero attached hydrogens (tertiary/aromatic N) is 2. The number of carbonyl (C=O) groups is 1. The van der Waals surface area contributed by atoms with E-state index in [2.05, 4.69) is 15.7 Å². The summed E-state index contributed by atoms with van der Waals surface area (Å²) in [5.41, 5.74) is -0.829. The Balaban J connectivity index is 1.67. The molecule has 1 aliphatic rings. The van der Waals surface area contributed by atoms with Gasteiger partial charge in [0, 0.05) is 31.9 Å². The Bertz CT molecular complexity index is 736. The van der Waals surface area contributed by atoms with Gasteiger partial charge in [0.25, 0.3) is 5.91 Å². The average Bonchev–Trinajstić information content (AvgIpc) is 2.87. The Labute approximate surface area is 135 Å². The lowest BCUT2D eigenvalue weighted by molar-refractivity contribution is -0.141. The normalized spacial score (nSPS) is 15.0. The third-order valence-electron chi connectivity index (χ3n) is 3.56. The predicted octanol–water partition coefficient (Wildman–Crippen LogP) is 2.04. The number of amides is 1. The van der Waals surface area contributed by atoms with Crippen LogP contribution in [0.5, 0.6) is 5.75 Å². The molecule has 0 bridgehead atoms. The fourth-order valence-corrected chi connectivity index (χ4v) is 2.17. The highest BCUT2D eigenvalue weighted by Gasteiger charge is 2.35. The molecule has 24 heavy (non-hydrogen) atoms. The van der Waals surface area contributed by atoms with E-state index in [0.29, 0.717) is 11.4 Å². The molecule has 2 heterocycles. The number of hydrogen-bond acceptors (Lipinski definition) is 4. The number of hydrogen-bond donors (Lipinski definition) is 2. The van der Waals surface area contributed by atoms with Gasteiger partial charge in [0.1, 0.15) is 17.5 Å². The van der Waals surface area contributed by atoms with Crippen LogP contribution in [0.1, 0.15) is 16.2 Å². The second kappa shape index (κ2) is 6.16. The molecule has 1 aromatic carbocycles. The third kappa shape index (κ3) is 3.51. The number of aromatic nitrogens is 2. The number of anilines is 1. The summed E-state index contributed by atoms with van der Waals surface area (Å²) in [5.74, 6) is -0.00301. The molecule has 0 unspecified atom stereocenters. The quantitative estimate of drug-likeness (QED) is 0.894. The molecule has 1 fully saturated rings. The predicted molar refractivity (Wildman–Crippen MR) is 79.9 cm³/mol. The van der Waals surface area contributed by atoms with E-state index >= 15 is 0 Å². The van der Waals surface area contributed by atoms with Crippen LogP contribution in [0.15, 0.2) is 30.3 Å². The topological polar surface area (TPSA) is 68.2 Å². The maximum Gasteiger partial charge on any atom is 0.435 e. The molecule has 3 rings (SSSR count). The largest absolute Gasteiger partial charge is 0.488 e. The van der Waals surface area contributed by atoms with E-state index in [4.69, 9.17) is 4.74 Å². The molecule has 6 nitrogen and oxygen atoms in total. The number of carbonyl (C=O) groups excluding carboxylic acids is 1. The van der Waals surface area contributed by atoms with E-state index in [-0.39, 0.29) is 11.8 Å². The fourth-order valence-electron chi connectivity index (χ4n) is 2.17. The summed E-state index contributed by atoms with van der Waals surface area (Å²) < 4.78 is 44.4. The van der Waals surface area contributed by atoms with E-state index in [1.807, 2.05) is 0 Å². The summed E-state index contributed by atoms with van der Waals surface area (Å²) in [4.78, 5) is 12.1. The first-order chi connectivity index (χ1) is 11.3. The summed E-state index contributed by atoms with van der Waals surface area (Å²) in [7, 11) is 1.29. The lowest BCUT2D eigenvalue weighted by Crippen LogP contribution is -2.50. The van der Waals surface area contributed by atoms with Gasteiger partial charge < -0.3 is 15.4 Å². The Kier molecular flexibility index (Phi) is 4.18. The van der Waals surface area contributed by atoms with Crippen LogP contribution in [0.4, 0.5) is 18.9 Å². The Morgan fingerprint density at radius 3 is 2.50 bits per heavy atom. The molecule has 0 atom stereocenters. The van der Waals surface area contributed by atoms with E-state index in [0.717, 1.165) is 23.8 Å². The minimum Gasteiger partial charge on any atom is -0.488 e. The standard InChI is InChI=1S/C15H15F3N4O2/c1-22-12(6-13(21-22)15(16,17)18)14(23)20-9-2-4-10(5-3-9)24-11-7-19-8-11/h2-6,11,19H,7-8H2,1H3,(H,20,23). The van der Waals surface area contributed by atoms with Crippen LogP contribution in [0.2, 0.25) is 0 Å². The molecule has 1 amide bonds. The zero-order valence-electron chi connectivity index (χ0n) is 12.7. The van der Waals surface area contributed by atoms with Crippen molar-refractivity contribution in [3.05, 3.63) is 41.7 Å². The van der Waals surface area contributed by atoms with Gasteiger partial charge in [-0.25, -0.2) is 0 Å². The molecule has 9 heteroatoms. The van der Waals surface area contributed by atoms with Crippen molar-refractivity contribution >= 4 is 11.6 Å². The van der Waals surface area contributed by atoms with Gasteiger partial charge in [0.15, 0.2) is 5.69 Å². The van der Waals surface area contributed by atoms with Crippen molar-refractivity contribution in [2.24, 2.45) is 7.05 Å². The van der Waals surface area contributed by atoms with E-state index in [1.165, 1.54) is 7.05 Å². The molecule has 0 radical (unpaired) electrons. The van der Waals surface area contributed by atoms with Crippen molar-refractivity contribution in [2.75, 3.05) is 18.4 Å². The third-order valence-corrected chi connectivity index (χ3v) is 3.56. The molecule has 128 valence electrons. The van der Waals surface area contributed by atoms with Crippen molar-refractivity contribution in [2.45, 2.75) is 12.3 Å². The van der Waals surface area contributed by atoms with Crippen molar-refractivity contribution < 1.29 is 22.7 Å². The molecule has 0 spiro atoms. The summed E-state index contributed by atoms with van der Waals surface area (Å²) >= 11 is 0. The average molecular weight is 340 g/mol. The summed E-state index contributed by atoms with van der Waals surface area (Å²) in [6.07, 6.45) is -4.45. The van der Waals surface area contributed by atoms with Gasteiger partial charge in [-0.1, -0.05) is 0 Å². The maximum absolute atomic E-state index is 12.6. The number of alkyl halides is 3. The molecule has 2 aromatic rings. The first-order valence-electron chi connectivity index (χ1n) is 7.23. The SMILES string of the molecule is Cn1nc(C(F)(F)F)cc1C(=O)Nc1ccc(OC2CNC2)cc1. The highest BCUT2D eigenvalue weighted by atomic mass is 19.4. The molecular weight excluding hydrogens is 325 g/mol. The lowest BCUT2D eigenvalue weighted by Gasteiger charge is -2.27. The number of rotatable bonds is 4. The molecule has 1 aliphatic heterocycles. The highest BCUT2D eigenvalue weighted by Crippen LogP contribution is 2.28. The van der Waals surface area contributed by atoms with Gasteiger partial charge in [-0.2, -0.15) is 18.3 Å². The van der Waals surface area contributed by atoms with Crippen molar-refractivity contribution in [1.29, 1.82) is 0 Å². The van der Waals surface area contributed by atoms with E-state index in [1.54, 1.807) is 24.3 Å². The van der Waals surface area contributed by atoms with Gasteiger partial charge >= 0.3 is 6.18 Å². The van der Waals surface area contributed by atoms with E-state index < -0.39 is 17.8 Å². The van der Waals surface area contributed by atoms with Crippen LogP contribution in [0.3, 0.4) is 0 Å². The van der Waals surface area contributed by atoms with Gasteiger partial charge in [-0.3, -0.25) is 9.48 Å². The monoisotopic (exact) mass is 340 g/mol. The van der Waals surface area contributed by atoms with Crippen molar-refractivity contribution in [3.63, 3.8) is 0 Å². The first kappa shape index (κ1) is 16.3. The number of halogens is 3. The maximum atomic E-state index is 12.6. The molecule has 1 saturated heterocycles. The number of aryl methyl sites for hydroxylation is 1. The lowest BCUT2D eigenvalue weighted by atomic mass is 10.2. The van der Waals surface area contributed by atoms with Gasteiger partial charge in [0.05, 0.1) is 0 Å². The first-order valence-corrected chi connectivity index (χ1v) is 7.23. The van der Waals surface area contributed by atoms with Crippen molar-refractivity contribution in [3.8, 4) is 5.75 Å². The van der Waals surface area contributed by atoms with Gasteiger partial charge in [-0.15, -0.1) is 0 Å². The molecular formula is C15H15F3N4O2. The summed E-state index contributed by atoms with van der Waals surface area (Å²) in [6.45, 7) is 1.58. The number of ether oxygens (including phenoxy) is 1. The summed E-state index contributed by atoms with van der Waals surface area (Å²) in [5, 5.41) is 8.93. The van der Waals surface area contributed by atoms with Crippen LogP contribution in [-0.2, 0) is 13.2 Å². The zero-order chi connectivity index (χ0) is 17.3. The molecule has 0 saturated carbocycles. The number of nitrogens with one attached hydrogen (secondary N) is 2. The van der Waals surface area contributed by atoms with Crippen LogP contribution < -0.4 is 15.4 Å². The Morgan fingerprint density at radius 1 is 1.33 bits per heavy atom. The van der Waals surface area contributed by atoms with Crippen LogP contribution in [0, 0.1) is 0 Å². The molecule has 2 N–H and O–H groups in total. The second-order valence-corrected chi connectivity index (χ2v) is 5.41. The number of benzene rings is 1. The fraction of sp³-hybridized carbons (Fsp3) is 0.333. The van der Waals surface area contributed by atoms with Crippen LogP contribution >= 0.6 is 0 Å². The zero-order valence-corrected chi connectivity index (χ0v) is 12.7. The smallest absolute Gasteiger partial charge is 0.435 e. The van der Waals surface area contributed by atoms with Gasteiger partial charge in [0.2, 0.25) is 0 Å². The Hall–Kier alpha value is -2.55. The molecule has 0 aliphatic carbocycles. The van der Waals surface area contributed by atoms with Crippen LogP contribution in [-0.4, -0.2) is 34.9 Å². The highest BCUT2D eigenvalue weighted by molar-refractivity contribution is 6.03. The van der Waals surface area contributed by atoms with Gasteiger partial charge in [-0.05, 0) is 24.3 Å². The van der Waals surface area contributed by atoms with Crippen molar-refractivity contribution in [1.82, 2.24) is 15.1 Å². The Morgan fingerprint density at radius 2 is 2.00 bits per heavy atom. The minimum absolute atomic E-state index is 0.140. The second-order valence-electron chi connectivity index (χ2n) is 5.41. The van der Waals surface area contributed by atoms with Crippen LogP contribution in [0.25, 0.3) is 0 Å². The minimum atomic E-state index is -4.59. The van der Waals surface area contributed by atoms with E-state index in [9.17, 15) is 18.0 Å². The summed E-state index contributed by atoms with van der Waals surface area (Å²) in [6, 6.07) is 7.35. The molecule has 1 aromatic heterocycles.